The van der Waals surface area contributed by atoms with Crippen LogP contribution in [-0.2, 0) is 10.0 Å². The lowest BCUT2D eigenvalue weighted by Crippen LogP contribution is -2.22. The standard InChI is InChI=1S/C16H13F3N4O2S2/c17-10-4-2-1-3-9(10)15(20)22-13-7-12(19)14(8-11(13)18)27(24,25)23-16-21-5-6-26-16/h1-8,15,22H,20H2,(H,21,23)/t15-/m1/s1. The highest BCUT2D eigenvalue weighted by atomic mass is 32.2. The summed E-state index contributed by atoms with van der Waals surface area (Å²) in [6.07, 6.45) is 0.187. The lowest BCUT2D eigenvalue weighted by atomic mass is 10.1. The Morgan fingerprint density at radius 3 is 2.48 bits per heavy atom. The first-order chi connectivity index (χ1) is 12.8. The van der Waals surface area contributed by atoms with E-state index in [0.717, 1.165) is 11.3 Å². The molecule has 0 saturated heterocycles. The van der Waals surface area contributed by atoms with Crippen molar-refractivity contribution < 1.29 is 21.6 Å². The molecule has 0 radical (unpaired) electrons. The van der Waals surface area contributed by atoms with Crippen LogP contribution in [0.5, 0.6) is 0 Å². The Bertz CT molecular complexity index is 1060. The molecule has 0 unspecified atom stereocenters. The molecule has 27 heavy (non-hydrogen) atoms. The van der Waals surface area contributed by atoms with Crippen LogP contribution < -0.4 is 15.8 Å². The fourth-order valence-electron chi connectivity index (χ4n) is 2.26. The minimum atomic E-state index is -4.38. The summed E-state index contributed by atoms with van der Waals surface area (Å²) in [7, 11) is -4.38. The van der Waals surface area contributed by atoms with Gasteiger partial charge >= 0.3 is 0 Å². The zero-order valence-corrected chi connectivity index (χ0v) is 15.1. The van der Waals surface area contributed by atoms with Gasteiger partial charge in [0.1, 0.15) is 28.5 Å². The number of rotatable bonds is 6. The van der Waals surface area contributed by atoms with Crippen molar-refractivity contribution in [1.82, 2.24) is 4.98 Å². The van der Waals surface area contributed by atoms with Crippen molar-refractivity contribution in [3.8, 4) is 0 Å². The highest BCUT2D eigenvalue weighted by Gasteiger charge is 2.24. The van der Waals surface area contributed by atoms with Gasteiger partial charge in [-0.05, 0) is 12.1 Å². The molecule has 1 atom stereocenters. The predicted octanol–water partition coefficient (Wildman–Crippen LogP) is 3.43. The zero-order valence-electron chi connectivity index (χ0n) is 13.5. The molecule has 3 aromatic rings. The summed E-state index contributed by atoms with van der Waals surface area (Å²) in [6, 6.07) is 6.72. The summed E-state index contributed by atoms with van der Waals surface area (Å²) in [5.74, 6) is -2.89. The van der Waals surface area contributed by atoms with Gasteiger partial charge in [-0.25, -0.2) is 26.6 Å². The fraction of sp³-hybridized carbons (Fsp3) is 0.0625. The van der Waals surface area contributed by atoms with E-state index in [2.05, 4.69) is 15.0 Å². The molecule has 4 N–H and O–H groups in total. The molecule has 2 aromatic carbocycles. The lowest BCUT2D eigenvalue weighted by molar-refractivity contribution is 0.555. The normalized spacial score (nSPS) is 12.6. The Kier molecular flexibility index (Phi) is 5.35. The van der Waals surface area contributed by atoms with Crippen LogP contribution in [-0.4, -0.2) is 13.4 Å². The summed E-state index contributed by atoms with van der Waals surface area (Å²) >= 11 is 0.983. The van der Waals surface area contributed by atoms with Gasteiger partial charge in [0.15, 0.2) is 5.13 Å². The van der Waals surface area contributed by atoms with Gasteiger partial charge in [0.05, 0.1) is 5.69 Å². The molecule has 142 valence electrons. The largest absolute Gasteiger partial charge is 0.364 e. The van der Waals surface area contributed by atoms with Crippen LogP contribution in [0.4, 0.5) is 24.0 Å². The molecule has 0 aliphatic rings. The minimum Gasteiger partial charge on any atom is -0.364 e. The molecule has 0 aliphatic heterocycles. The summed E-state index contributed by atoms with van der Waals surface area (Å²) in [6.45, 7) is 0. The summed E-state index contributed by atoms with van der Waals surface area (Å²) in [5, 5.41) is 3.96. The van der Waals surface area contributed by atoms with Crippen LogP contribution in [0.1, 0.15) is 11.7 Å². The maximum absolute atomic E-state index is 14.3. The highest BCUT2D eigenvalue weighted by molar-refractivity contribution is 7.93. The Hall–Kier alpha value is -2.63. The van der Waals surface area contributed by atoms with Gasteiger partial charge in [0, 0.05) is 23.2 Å². The number of nitrogens with two attached hydrogens (primary N) is 1. The third-order valence-corrected chi connectivity index (χ3v) is 5.69. The van der Waals surface area contributed by atoms with Crippen molar-refractivity contribution in [2.75, 3.05) is 10.0 Å². The number of thiazole rings is 1. The van der Waals surface area contributed by atoms with E-state index in [1.54, 1.807) is 0 Å². The molecule has 0 bridgehead atoms. The van der Waals surface area contributed by atoms with Crippen LogP contribution in [0, 0.1) is 17.5 Å². The first-order valence-corrected chi connectivity index (χ1v) is 9.82. The number of nitrogens with one attached hydrogen (secondary N) is 2. The molecule has 1 aromatic heterocycles. The van der Waals surface area contributed by atoms with Gasteiger partial charge in [0.25, 0.3) is 10.0 Å². The van der Waals surface area contributed by atoms with Crippen molar-refractivity contribution in [1.29, 1.82) is 0 Å². The van der Waals surface area contributed by atoms with E-state index in [4.69, 9.17) is 5.73 Å². The highest BCUT2D eigenvalue weighted by Crippen LogP contribution is 2.27. The van der Waals surface area contributed by atoms with Crippen molar-refractivity contribution in [2.24, 2.45) is 5.73 Å². The maximum atomic E-state index is 14.3. The zero-order chi connectivity index (χ0) is 19.6. The van der Waals surface area contributed by atoms with Gasteiger partial charge in [-0.3, -0.25) is 4.72 Å². The Morgan fingerprint density at radius 1 is 1.07 bits per heavy atom. The summed E-state index contributed by atoms with van der Waals surface area (Å²) < 4.78 is 68.9. The monoisotopic (exact) mass is 414 g/mol. The number of sulfonamides is 1. The topological polar surface area (TPSA) is 97.1 Å². The summed E-state index contributed by atoms with van der Waals surface area (Å²) in [4.78, 5) is 2.84. The maximum Gasteiger partial charge on any atom is 0.266 e. The first kappa shape index (κ1) is 19.1. The molecule has 3 rings (SSSR count). The van der Waals surface area contributed by atoms with E-state index >= 15 is 0 Å². The molecule has 1 heterocycles. The molecule has 6 nitrogen and oxygen atoms in total. The van der Waals surface area contributed by atoms with Crippen molar-refractivity contribution in [2.45, 2.75) is 11.1 Å². The number of aromatic nitrogens is 1. The van der Waals surface area contributed by atoms with E-state index in [0.29, 0.717) is 12.1 Å². The van der Waals surface area contributed by atoms with E-state index < -0.39 is 44.2 Å². The van der Waals surface area contributed by atoms with Crippen LogP contribution in [0.15, 0.2) is 52.9 Å². The lowest BCUT2D eigenvalue weighted by Gasteiger charge is -2.17. The molecule has 0 fully saturated rings. The number of nitrogens with zero attached hydrogens (tertiary/aromatic N) is 1. The average molecular weight is 414 g/mol. The number of hydrogen-bond acceptors (Lipinski definition) is 6. The predicted molar refractivity (Wildman–Crippen MR) is 96.2 cm³/mol. The van der Waals surface area contributed by atoms with Gasteiger partial charge in [-0.1, -0.05) is 18.2 Å². The second-order valence-corrected chi connectivity index (χ2v) is 7.89. The third kappa shape index (κ3) is 4.21. The van der Waals surface area contributed by atoms with Crippen LogP contribution in [0.2, 0.25) is 0 Å². The van der Waals surface area contributed by atoms with E-state index in [-0.39, 0.29) is 10.7 Å². The SMILES string of the molecule is N[C@H](Nc1cc(F)c(S(=O)(=O)Nc2nccs2)cc1F)c1ccccc1F. The first-order valence-electron chi connectivity index (χ1n) is 7.46. The van der Waals surface area contributed by atoms with Gasteiger partial charge in [0.2, 0.25) is 0 Å². The smallest absolute Gasteiger partial charge is 0.266 e. The molecule has 11 heteroatoms. The van der Waals surface area contributed by atoms with Gasteiger partial charge < -0.3 is 11.1 Å². The van der Waals surface area contributed by atoms with E-state index in [9.17, 15) is 21.6 Å². The molecular weight excluding hydrogens is 401 g/mol. The quantitative estimate of drug-likeness (QED) is 0.537. The molecule has 0 saturated carbocycles. The second-order valence-electron chi connectivity index (χ2n) is 5.35. The van der Waals surface area contributed by atoms with Crippen LogP contribution in [0.3, 0.4) is 0 Å². The van der Waals surface area contributed by atoms with Crippen LogP contribution in [0.25, 0.3) is 0 Å². The van der Waals surface area contributed by atoms with Crippen molar-refractivity contribution >= 4 is 32.2 Å². The Labute approximate surface area is 156 Å². The number of anilines is 2. The number of hydrogen-bond donors (Lipinski definition) is 3. The molecule has 0 aliphatic carbocycles. The molecule has 0 spiro atoms. The third-order valence-electron chi connectivity index (χ3n) is 3.52. The second kappa shape index (κ2) is 7.55. The number of halogens is 3. The van der Waals surface area contributed by atoms with Gasteiger partial charge in [-0.2, -0.15) is 0 Å². The summed E-state index contributed by atoms with van der Waals surface area (Å²) in [5.41, 5.74) is 5.42. The number of benzene rings is 2. The average Bonchev–Trinajstić information content (AvgIpc) is 3.10. The van der Waals surface area contributed by atoms with E-state index in [1.165, 1.54) is 35.8 Å². The molecular formula is C16H13F3N4O2S2. The Morgan fingerprint density at radius 2 is 1.81 bits per heavy atom. The molecule has 0 amide bonds. The van der Waals surface area contributed by atoms with Crippen LogP contribution >= 0.6 is 11.3 Å². The van der Waals surface area contributed by atoms with Crippen molar-refractivity contribution in [3.05, 3.63) is 71.0 Å². The Balaban J connectivity index is 1.88. The minimum absolute atomic E-state index is 0.0126. The fourth-order valence-corrected chi connectivity index (χ4v) is 4.12. The van der Waals surface area contributed by atoms with Crippen molar-refractivity contribution in [3.63, 3.8) is 0 Å². The van der Waals surface area contributed by atoms with E-state index in [1.807, 2.05) is 0 Å². The van der Waals surface area contributed by atoms with Gasteiger partial charge in [-0.15, -0.1) is 11.3 Å².